The Labute approximate surface area is 126 Å². The Kier molecular flexibility index (Phi) is 4.93. The SMILES string of the molecule is COc1c(Br)cc(Cl)cc1C(O)C(C)(C)S(C)(=O)=O. The van der Waals surface area contributed by atoms with Crippen molar-refractivity contribution in [3.05, 3.63) is 27.2 Å². The van der Waals surface area contributed by atoms with E-state index in [2.05, 4.69) is 15.9 Å². The molecule has 0 radical (unpaired) electrons. The summed E-state index contributed by atoms with van der Waals surface area (Å²) in [5.74, 6) is 0.369. The zero-order chi connectivity index (χ0) is 15.0. The molecular weight excluding hydrogens is 356 g/mol. The molecule has 1 atom stereocenters. The fraction of sp³-hybridized carbons (Fsp3) is 0.500. The molecule has 19 heavy (non-hydrogen) atoms. The summed E-state index contributed by atoms with van der Waals surface area (Å²) < 4.78 is 28.0. The molecule has 1 rings (SSSR count). The van der Waals surface area contributed by atoms with Gasteiger partial charge < -0.3 is 9.84 Å². The summed E-state index contributed by atoms with van der Waals surface area (Å²) in [5, 5.41) is 10.8. The van der Waals surface area contributed by atoms with Gasteiger partial charge in [-0.15, -0.1) is 0 Å². The molecule has 0 aromatic heterocycles. The van der Waals surface area contributed by atoms with Gasteiger partial charge in [0.15, 0.2) is 9.84 Å². The smallest absolute Gasteiger partial charge is 0.155 e. The van der Waals surface area contributed by atoms with Gasteiger partial charge in [-0.2, -0.15) is 0 Å². The van der Waals surface area contributed by atoms with E-state index >= 15 is 0 Å². The molecule has 4 nitrogen and oxygen atoms in total. The summed E-state index contributed by atoms with van der Waals surface area (Å²) in [4.78, 5) is 0. The van der Waals surface area contributed by atoms with E-state index in [1.54, 1.807) is 6.07 Å². The fourth-order valence-corrected chi connectivity index (χ4v) is 3.10. The van der Waals surface area contributed by atoms with E-state index in [0.29, 0.717) is 20.8 Å². The monoisotopic (exact) mass is 370 g/mol. The Morgan fingerprint density at radius 2 is 1.95 bits per heavy atom. The van der Waals surface area contributed by atoms with Gasteiger partial charge in [-0.3, -0.25) is 0 Å². The summed E-state index contributed by atoms with van der Waals surface area (Å²) in [6.45, 7) is 2.92. The third-order valence-corrected chi connectivity index (χ3v) is 6.09. The number of rotatable bonds is 4. The maximum Gasteiger partial charge on any atom is 0.155 e. The van der Waals surface area contributed by atoms with Crippen molar-refractivity contribution in [2.45, 2.75) is 24.7 Å². The molecule has 7 heteroatoms. The predicted molar refractivity (Wildman–Crippen MR) is 79.6 cm³/mol. The Balaban J connectivity index is 3.46. The number of sulfone groups is 1. The van der Waals surface area contributed by atoms with E-state index < -0.39 is 20.7 Å². The molecular formula is C12H16BrClO4S. The van der Waals surface area contributed by atoms with Gasteiger partial charge in [-0.25, -0.2) is 8.42 Å². The lowest BCUT2D eigenvalue weighted by atomic mass is 9.97. The first kappa shape index (κ1) is 16.8. The topological polar surface area (TPSA) is 63.6 Å². The molecule has 1 unspecified atom stereocenters. The molecule has 0 aliphatic rings. The van der Waals surface area contributed by atoms with Gasteiger partial charge in [0.1, 0.15) is 11.9 Å². The van der Waals surface area contributed by atoms with Gasteiger partial charge in [-0.05, 0) is 41.9 Å². The van der Waals surface area contributed by atoms with Crippen molar-refractivity contribution in [1.82, 2.24) is 0 Å². The van der Waals surface area contributed by atoms with E-state index in [4.69, 9.17) is 16.3 Å². The fourth-order valence-electron chi connectivity index (χ4n) is 1.58. The van der Waals surface area contributed by atoms with E-state index in [1.807, 2.05) is 0 Å². The van der Waals surface area contributed by atoms with Crippen LogP contribution < -0.4 is 4.74 Å². The molecule has 0 fully saturated rings. The second-order valence-electron chi connectivity index (χ2n) is 4.79. The lowest BCUT2D eigenvalue weighted by Crippen LogP contribution is -2.38. The first-order valence-corrected chi connectivity index (χ1v) is 8.49. The van der Waals surface area contributed by atoms with Crippen molar-refractivity contribution in [2.75, 3.05) is 13.4 Å². The lowest BCUT2D eigenvalue weighted by molar-refractivity contribution is 0.136. The Hall–Kier alpha value is -0.300. The normalized spacial score (nSPS) is 14.3. The number of halogens is 2. The van der Waals surface area contributed by atoms with Crippen LogP contribution >= 0.6 is 27.5 Å². The Morgan fingerprint density at radius 3 is 2.37 bits per heavy atom. The van der Waals surface area contributed by atoms with Crippen LogP contribution in [0.1, 0.15) is 25.5 Å². The van der Waals surface area contributed by atoms with Crippen molar-refractivity contribution in [3.8, 4) is 5.75 Å². The van der Waals surface area contributed by atoms with Crippen molar-refractivity contribution in [3.63, 3.8) is 0 Å². The van der Waals surface area contributed by atoms with E-state index in [1.165, 1.54) is 27.0 Å². The minimum atomic E-state index is -3.46. The van der Waals surface area contributed by atoms with E-state index in [9.17, 15) is 13.5 Å². The molecule has 1 N–H and O–H groups in total. The highest BCUT2D eigenvalue weighted by atomic mass is 79.9. The minimum Gasteiger partial charge on any atom is -0.495 e. The third kappa shape index (κ3) is 3.24. The number of methoxy groups -OCH3 is 1. The highest BCUT2D eigenvalue weighted by molar-refractivity contribution is 9.10. The molecule has 0 bridgehead atoms. The average Bonchev–Trinajstić information content (AvgIpc) is 2.25. The molecule has 0 aliphatic carbocycles. The van der Waals surface area contributed by atoms with Crippen LogP contribution in [-0.2, 0) is 9.84 Å². The zero-order valence-corrected chi connectivity index (χ0v) is 14.2. The largest absolute Gasteiger partial charge is 0.495 e. The Bertz CT molecular complexity index is 584. The molecule has 0 saturated carbocycles. The van der Waals surface area contributed by atoms with Crippen LogP contribution in [0.4, 0.5) is 0 Å². The van der Waals surface area contributed by atoms with Crippen molar-refractivity contribution in [2.24, 2.45) is 0 Å². The maximum absolute atomic E-state index is 11.8. The maximum atomic E-state index is 11.8. The molecule has 0 amide bonds. The van der Waals surface area contributed by atoms with Crippen LogP contribution in [0.15, 0.2) is 16.6 Å². The summed E-state index contributed by atoms with van der Waals surface area (Å²) in [5.41, 5.74) is 0.331. The summed E-state index contributed by atoms with van der Waals surface area (Å²) in [7, 11) is -2.02. The van der Waals surface area contributed by atoms with E-state index in [-0.39, 0.29) is 0 Å². The average molecular weight is 372 g/mol. The number of hydrogen-bond acceptors (Lipinski definition) is 4. The number of aliphatic hydroxyl groups is 1. The predicted octanol–water partition coefficient (Wildman–Crippen LogP) is 2.97. The molecule has 108 valence electrons. The van der Waals surface area contributed by atoms with Gasteiger partial charge in [0, 0.05) is 16.8 Å². The van der Waals surface area contributed by atoms with Crippen LogP contribution in [0.2, 0.25) is 5.02 Å². The number of benzene rings is 1. The number of ether oxygens (including phenoxy) is 1. The summed E-state index contributed by atoms with van der Waals surface area (Å²) in [6.07, 6.45) is -0.171. The second-order valence-corrected chi connectivity index (χ2v) is 8.68. The lowest BCUT2D eigenvalue weighted by Gasteiger charge is -2.30. The number of aliphatic hydroxyl groups excluding tert-OH is 1. The first-order chi connectivity index (χ1) is 8.52. The quantitative estimate of drug-likeness (QED) is 0.884. The highest BCUT2D eigenvalue weighted by Crippen LogP contribution is 2.41. The first-order valence-electron chi connectivity index (χ1n) is 5.43. The van der Waals surface area contributed by atoms with Crippen LogP contribution in [-0.4, -0.2) is 31.6 Å². The van der Waals surface area contributed by atoms with Crippen molar-refractivity contribution < 1.29 is 18.3 Å². The molecule has 0 spiro atoms. The zero-order valence-electron chi connectivity index (χ0n) is 11.1. The van der Waals surface area contributed by atoms with Gasteiger partial charge in [0.25, 0.3) is 0 Å². The third-order valence-electron chi connectivity index (χ3n) is 3.15. The molecule has 0 heterocycles. The molecule has 1 aromatic carbocycles. The van der Waals surface area contributed by atoms with Gasteiger partial charge >= 0.3 is 0 Å². The summed E-state index contributed by atoms with van der Waals surface area (Å²) >= 11 is 9.22. The van der Waals surface area contributed by atoms with Gasteiger partial charge in [0.2, 0.25) is 0 Å². The van der Waals surface area contributed by atoms with Crippen molar-refractivity contribution >= 4 is 37.4 Å². The molecule has 0 saturated heterocycles. The van der Waals surface area contributed by atoms with Crippen molar-refractivity contribution in [1.29, 1.82) is 0 Å². The number of hydrogen-bond donors (Lipinski definition) is 1. The van der Waals surface area contributed by atoms with E-state index in [0.717, 1.165) is 6.26 Å². The molecule has 1 aromatic rings. The van der Waals surface area contributed by atoms with Crippen LogP contribution in [0.25, 0.3) is 0 Å². The van der Waals surface area contributed by atoms with Crippen LogP contribution in [0, 0.1) is 0 Å². The highest BCUT2D eigenvalue weighted by Gasteiger charge is 2.40. The molecule has 0 aliphatic heterocycles. The standard InChI is InChI=1S/C12H16BrClO4S/c1-12(2,19(4,16)17)11(15)8-5-7(14)6-9(13)10(8)18-3/h5-6,11,15H,1-4H3. The van der Waals surface area contributed by atoms with Crippen LogP contribution in [0.5, 0.6) is 5.75 Å². The summed E-state index contributed by atoms with van der Waals surface area (Å²) in [6, 6.07) is 3.12. The Morgan fingerprint density at radius 1 is 1.42 bits per heavy atom. The second kappa shape index (κ2) is 5.60. The van der Waals surface area contributed by atoms with Gasteiger partial charge in [0.05, 0.1) is 16.3 Å². The minimum absolute atomic E-state index is 0.331. The van der Waals surface area contributed by atoms with Crippen LogP contribution in [0.3, 0.4) is 0 Å². The van der Waals surface area contributed by atoms with Gasteiger partial charge in [-0.1, -0.05) is 11.6 Å².